The van der Waals surface area contributed by atoms with Crippen molar-refractivity contribution in [1.82, 2.24) is 5.32 Å². The fourth-order valence-corrected chi connectivity index (χ4v) is 7.44. The first-order valence-corrected chi connectivity index (χ1v) is 10.9. The number of halogens is 1. The molecule has 27 heavy (non-hydrogen) atoms. The number of rotatable bonds is 7. The van der Waals surface area contributed by atoms with Gasteiger partial charge in [-0.25, -0.2) is 0 Å². The Labute approximate surface area is 169 Å². The van der Waals surface area contributed by atoms with E-state index >= 15 is 0 Å². The number of hydrogen-bond acceptors (Lipinski definition) is 3. The van der Waals surface area contributed by atoms with Gasteiger partial charge in [0.25, 0.3) is 0 Å². The third-order valence-electron chi connectivity index (χ3n) is 7.03. The highest BCUT2D eigenvalue weighted by molar-refractivity contribution is 6.32. The van der Waals surface area contributed by atoms with Crippen LogP contribution in [0.3, 0.4) is 0 Å². The van der Waals surface area contributed by atoms with Crippen molar-refractivity contribution in [3.8, 4) is 11.5 Å². The monoisotopic (exact) mass is 391 g/mol. The summed E-state index contributed by atoms with van der Waals surface area (Å²) in [5.74, 6) is 2.29. The van der Waals surface area contributed by atoms with Crippen LogP contribution in [0.5, 0.6) is 11.5 Å². The molecule has 0 aromatic heterocycles. The van der Waals surface area contributed by atoms with Gasteiger partial charge in [-0.1, -0.05) is 32.4 Å². The van der Waals surface area contributed by atoms with Crippen molar-refractivity contribution >= 4 is 11.6 Å². The van der Waals surface area contributed by atoms with E-state index in [4.69, 9.17) is 21.1 Å². The van der Waals surface area contributed by atoms with Gasteiger partial charge in [0.2, 0.25) is 0 Å². The van der Waals surface area contributed by atoms with Crippen LogP contribution in [0.1, 0.15) is 71.3 Å². The molecular weight excluding hydrogens is 358 g/mol. The Kier molecular flexibility index (Phi) is 4.91. The molecule has 1 aromatic rings. The van der Waals surface area contributed by atoms with Crippen LogP contribution >= 0.6 is 11.6 Å². The van der Waals surface area contributed by atoms with Crippen LogP contribution in [0.25, 0.3) is 0 Å². The molecule has 0 amide bonds. The summed E-state index contributed by atoms with van der Waals surface area (Å²) >= 11 is 6.52. The fraction of sp³-hybridized carbons (Fsp3) is 0.739. The van der Waals surface area contributed by atoms with E-state index in [9.17, 15) is 0 Å². The summed E-state index contributed by atoms with van der Waals surface area (Å²) in [5, 5.41) is 4.62. The van der Waals surface area contributed by atoms with Gasteiger partial charge in [0.1, 0.15) is 0 Å². The summed E-state index contributed by atoms with van der Waals surface area (Å²) in [6.45, 7) is 8.61. The Balaban J connectivity index is 1.51. The molecule has 0 spiro atoms. The van der Waals surface area contributed by atoms with E-state index in [0.29, 0.717) is 33.7 Å². The predicted molar refractivity (Wildman–Crippen MR) is 111 cm³/mol. The van der Waals surface area contributed by atoms with E-state index in [1.165, 1.54) is 44.1 Å². The maximum Gasteiger partial charge on any atom is 0.179 e. The largest absolute Gasteiger partial charge is 0.493 e. The molecule has 0 saturated heterocycles. The van der Waals surface area contributed by atoms with Crippen molar-refractivity contribution in [2.75, 3.05) is 13.7 Å². The summed E-state index contributed by atoms with van der Waals surface area (Å²) < 4.78 is 11.3. The van der Waals surface area contributed by atoms with Crippen LogP contribution in [0.15, 0.2) is 12.1 Å². The molecule has 0 heterocycles. The van der Waals surface area contributed by atoms with Crippen molar-refractivity contribution in [3.63, 3.8) is 0 Å². The highest BCUT2D eigenvalue weighted by Gasteiger charge is 2.59. The first-order valence-electron chi connectivity index (χ1n) is 10.5. The fourth-order valence-electron chi connectivity index (χ4n) is 7.15. The lowest BCUT2D eigenvalue weighted by atomic mass is 9.43. The normalized spacial score (nSPS) is 36.9. The minimum atomic E-state index is 0.292. The summed E-state index contributed by atoms with van der Waals surface area (Å²) in [7, 11) is 1.68. The quantitative estimate of drug-likeness (QED) is 0.620. The molecule has 4 saturated carbocycles. The SMILES string of the molecule is CCCOc1c(Cl)cc(CNC23CC4CC(C)(CC(C)(C4)C2)C3)cc1OC. The predicted octanol–water partition coefficient (Wildman–Crippen LogP) is 5.98. The number of benzene rings is 1. The lowest BCUT2D eigenvalue weighted by Crippen LogP contribution is -2.63. The number of nitrogens with one attached hydrogen (secondary N) is 1. The molecule has 2 atom stereocenters. The van der Waals surface area contributed by atoms with E-state index in [1.54, 1.807) is 7.11 Å². The van der Waals surface area contributed by atoms with Crippen LogP contribution < -0.4 is 14.8 Å². The van der Waals surface area contributed by atoms with Gasteiger partial charge in [0.05, 0.1) is 18.7 Å². The molecule has 4 aliphatic rings. The van der Waals surface area contributed by atoms with E-state index in [1.807, 2.05) is 6.07 Å². The van der Waals surface area contributed by atoms with Gasteiger partial charge in [-0.3, -0.25) is 0 Å². The smallest absolute Gasteiger partial charge is 0.179 e. The standard InChI is InChI=1S/C23H34ClNO2/c1-5-6-27-20-18(24)7-16(8-19(20)26-4)12-25-23-11-17-9-21(2,14-23)13-22(3,10-17)15-23/h7-8,17,25H,5-6,9-15H2,1-4H3. The van der Waals surface area contributed by atoms with Crippen molar-refractivity contribution in [2.24, 2.45) is 16.7 Å². The maximum absolute atomic E-state index is 6.52. The Hall–Kier alpha value is -0.930. The molecule has 1 aromatic carbocycles. The van der Waals surface area contributed by atoms with Gasteiger partial charge < -0.3 is 14.8 Å². The number of hydrogen-bond donors (Lipinski definition) is 1. The maximum atomic E-state index is 6.52. The molecule has 4 aliphatic carbocycles. The minimum Gasteiger partial charge on any atom is -0.493 e. The van der Waals surface area contributed by atoms with E-state index < -0.39 is 0 Å². The van der Waals surface area contributed by atoms with Crippen molar-refractivity contribution < 1.29 is 9.47 Å². The van der Waals surface area contributed by atoms with Crippen LogP contribution in [0.2, 0.25) is 5.02 Å². The van der Waals surface area contributed by atoms with Crippen LogP contribution in [-0.4, -0.2) is 19.3 Å². The lowest BCUT2D eigenvalue weighted by molar-refractivity contribution is -0.118. The second-order valence-electron chi connectivity index (χ2n) is 10.2. The van der Waals surface area contributed by atoms with Crippen molar-refractivity contribution in [3.05, 3.63) is 22.7 Å². The summed E-state index contributed by atoms with van der Waals surface area (Å²) in [6, 6.07) is 4.11. The van der Waals surface area contributed by atoms with Crippen LogP contribution in [-0.2, 0) is 6.54 Å². The molecule has 1 N–H and O–H groups in total. The van der Waals surface area contributed by atoms with Gasteiger partial charge >= 0.3 is 0 Å². The zero-order valence-corrected chi connectivity index (χ0v) is 18.0. The Morgan fingerprint density at radius 3 is 2.41 bits per heavy atom. The topological polar surface area (TPSA) is 30.5 Å². The van der Waals surface area contributed by atoms with Gasteiger partial charge in [0, 0.05) is 12.1 Å². The highest BCUT2D eigenvalue weighted by atomic mass is 35.5. The first kappa shape index (κ1) is 19.4. The van der Waals surface area contributed by atoms with Gasteiger partial charge in [-0.05, 0) is 79.4 Å². The van der Waals surface area contributed by atoms with Crippen molar-refractivity contribution in [2.45, 2.75) is 77.8 Å². The van der Waals surface area contributed by atoms with Crippen LogP contribution in [0.4, 0.5) is 0 Å². The number of ether oxygens (including phenoxy) is 2. The average Bonchev–Trinajstić information content (AvgIpc) is 2.55. The Morgan fingerprint density at radius 2 is 1.81 bits per heavy atom. The molecule has 0 radical (unpaired) electrons. The second kappa shape index (κ2) is 6.84. The van der Waals surface area contributed by atoms with E-state index in [0.717, 1.165) is 24.6 Å². The molecule has 0 aliphatic heterocycles. The molecule has 5 rings (SSSR count). The lowest BCUT2D eigenvalue weighted by Gasteiger charge is -2.65. The Morgan fingerprint density at radius 1 is 1.11 bits per heavy atom. The van der Waals surface area contributed by atoms with Crippen LogP contribution in [0, 0.1) is 16.7 Å². The van der Waals surface area contributed by atoms with E-state index in [2.05, 4.69) is 32.2 Å². The summed E-state index contributed by atoms with van der Waals surface area (Å²) in [5.41, 5.74) is 2.51. The minimum absolute atomic E-state index is 0.292. The first-order chi connectivity index (χ1) is 12.8. The zero-order chi connectivity index (χ0) is 19.3. The third kappa shape index (κ3) is 3.70. The van der Waals surface area contributed by atoms with Crippen molar-refractivity contribution in [1.29, 1.82) is 0 Å². The average molecular weight is 392 g/mol. The molecule has 4 bridgehead atoms. The second-order valence-corrected chi connectivity index (χ2v) is 10.6. The molecule has 150 valence electrons. The summed E-state index contributed by atoms with van der Waals surface area (Å²) in [6.07, 6.45) is 9.17. The Bertz CT molecular complexity index is 701. The molecule has 4 fully saturated rings. The molecule has 2 unspecified atom stereocenters. The summed E-state index contributed by atoms with van der Waals surface area (Å²) in [4.78, 5) is 0. The molecular formula is C23H34ClNO2. The third-order valence-corrected chi connectivity index (χ3v) is 7.31. The number of methoxy groups -OCH3 is 1. The van der Waals surface area contributed by atoms with E-state index in [-0.39, 0.29) is 0 Å². The zero-order valence-electron chi connectivity index (χ0n) is 17.3. The van der Waals surface area contributed by atoms with Gasteiger partial charge in [0.15, 0.2) is 11.5 Å². The molecule has 4 heteroatoms. The highest BCUT2D eigenvalue weighted by Crippen LogP contribution is 2.66. The van der Waals surface area contributed by atoms with Gasteiger partial charge in [-0.2, -0.15) is 0 Å². The molecule has 3 nitrogen and oxygen atoms in total. The van der Waals surface area contributed by atoms with Gasteiger partial charge in [-0.15, -0.1) is 0 Å².